The summed E-state index contributed by atoms with van der Waals surface area (Å²) < 4.78 is 20.7. The molecule has 0 fully saturated rings. The number of hydrogen-bond acceptors (Lipinski definition) is 7. The van der Waals surface area contributed by atoms with Crippen LogP contribution in [0.3, 0.4) is 0 Å². The van der Waals surface area contributed by atoms with E-state index in [9.17, 15) is 14.4 Å². The first-order valence-electron chi connectivity index (χ1n) is 9.39. The maximum Gasteiger partial charge on any atom is 0.338 e. The molecule has 0 saturated carbocycles. The molecule has 7 nitrogen and oxygen atoms in total. The molecule has 2 aromatic rings. The summed E-state index contributed by atoms with van der Waals surface area (Å²) in [6, 6.07) is 8.66. The topological polar surface area (TPSA) is 88.1 Å². The number of rotatable bonds is 9. The van der Waals surface area contributed by atoms with Gasteiger partial charge in [-0.15, -0.1) is 0 Å². The Balaban J connectivity index is 2.55. The molecule has 2 rings (SSSR count). The summed E-state index contributed by atoms with van der Waals surface area (Å²) >= 11 is 0. The number of esters is 3. The van der Waals surface area contributed by atoms with Gasteiger partial charge in [0, 0.05) is 10.9 Å². The Hall–Kier alpha value is -3.35. The molecule has 2 aromatic carbocycles. The maximum atomic E-state index is 12.5. The van der Waals surface area contributed by atoms with E-state index in [1.807, 2.05) is 0 Å². The standard InChI is InChI=1S/C22H24O7/c1-4-26-19(23)11-12-29-21-15(14-20(24)27-5-2)13-18(22(25)28-6-3)16-9-7-8-10-17(16)21/h7-13H,4-6,14H2,1-3H3/b12-11+. The first kappa shape index (κ1) is 21.9. The zero-order valence-electron chi connectivity index (χ0n) is 16.7. The predicted octanol–water partition coefficient (Wildman–Crippen LogP) is 3.58. The van der Waals surface area contributed by atoms with Crippen LogP contribution in [0.1, 0.15) is 36.7 Å². The molecule has 0 N–H and O–H groups in total. The van der Waals surface area contributed by atoms with Gasteiger partial charge in [-0.1, -0.05) is 24.3 Å². The molecule has 0 unspecified atom stereocenters. The second kappa shape index (κ2) is 10.8. The van der Waals surface area contributed by atoms with Gasteiger partial charge in [0.25, 0.3) is 0 Å². The van der Waals surface area contributed by atoms with E-state index >= 15 is 0 Å². The minimum absolute atomic E-state index is 0.104. The summed E-state index contributed by atoms with van der Waals surface area (Å²) in [6.07, 6.45) is 2.23. The lowest BCUT2D eigenvalue weighted by atomic mass is 9.97. The second-order valence-electron chi connectivity index (χ2n) is 5.83. The van der Waals surface area contributed by atoms with Crippen LogP contribution in [0.25, 0.3) is 10.8 Å². The average Bonchev–Trinajstić information content (AvgIpc) is 2.69. The molecule has 0 radical (unpaired) electrons. The van der Waals surface area contributed by atoms with Gasteiger partial charge in [0.15, 0.2) is 0 Å². The summed E-state index contributed by atoms with van der Waals surface area (Å²) in [4.78, 5) is 36.1. The van der Waals surface area contributed by atoms with E-state index < -0.39 is 17.9 Å². The van der Waals surface area contributed by atoms with E-state index in [4.69, 9.17) is 18.9 Å². The van der Waals surface area contributed by atoms with Crippen molar-refractivity contribution < 1.29 is 33.3 Å². The third kappa shape index (κ3) is 5.81. The molecule has 0 saturated heterocycles. The second-order valence-corrected chi connectivity index (χ2v) is 5.83. The molecule has 0 aliphatic carbocycles. The normalized spacial score (nSPS) is 10.7. The van der Waals surface area contributed by atoms with Crippen molar-refractivity contribution in [3.8, 4) is 5.75 Å². The first-order chi connectivity index (χ1) is 14.0. The van der Waals surface area contributed by atoms with Crippen LogP contribution in [-0.4, -0.2) is 37.7 Å². The van der Waals surface area contributed by atoms with Crippen molar-refractivity contribution in [1.29, 1.82) is 0 Å². The van der Waals surface area contributed by atoms with Crippen LogP contribution in [-0.2, 0) is 30.2 Å². The summed E-state index contributed by atoms with van der Waals surface area (Å²) in [5.74, 6) is -1.16. The lowest BCUT2D eigenvalue weighted by Gasteiger charge is -2.15. The summed E-state index contributed by atoms with van der Waals surface area (Å²) in [5.41, 5.74) is 0.766. The van der Waals surface area contributed by atoms with Gasteiger partial charge < -0.3 is 18.9 Å². The molecule has 0 aliphatic heterocycles. The molecule has 7 heteroatoms. The highest BCUT2D eigenvalue weighted by atomic mass is 16.5. The fourth-order valence-corrected chi connectivity index (χ4v) is 2.77. The third-order valence-electron chi connectivity index (χ3n) is 3.88. The Morgan fingerprint density at radius 2 is 1.55 bits per heavy atom. The molecule has 0 aliphatic rings. The summed E-state index contributed by atoms with van der Waals surface area (Å²) in [7, 11) is 0. The highest BCUT2D eigenvalue weighted by molar-refractivity contribution is 6.07. The molecule has 0 aromatic heterocycles. The summed E-state index contributed by atoms with van der Waals surface area (Å²) in [5, 5.41) is 1.21. The third-order valence-corrected chi connectivity index (χ3v) is 3.88. The van der Waals surface area contributed by atoms with Gasteiger partial charge in [0.05, 0.1) is 44.1 Å². The lowest BCUT2D eigenvalue weighted by Crippen LogP contribution is -2.11. The Bertz CT molecular complexity index is 915. The van der Waals surface area contributed by atoms with Gasteiger partial charge >= 0.3 is 17.9 Å². The van der Waals surface area contributed by atoms with Crippen LogP contribution in [0.2, 0.25) is 0 Å². The molecule has 0 bridgehead atoms. The van der Waals surface area contributed by atoms with E-state index in [0.29, 0.717) is 27.6 Å². The highest BCUT2D eigenvalue weighted by Crippen LogP contribution is 2.34. The Morgan fingerprint density at radius 3 is 2.21 bits per heavy atom. The number of carbonyl (C=O) groups excluding carboxylic acids is 3. The molecule has 0 spiro atoms. The molecule has 0 heterocycles. The van der Waals surface area contributed by atoms with Crippen molar-refractivity contribution in [1.82, 2.24) is 0 Å². The Morgan fingerprint density at radius 1 is 0.897 bits per heavy atom. The fraction of sp³-hybridized carbons (Fsp3) is 0.318. The molecule has 154 valence electrons. The van der Waals surface area contributed by atoms with Crippen molar-refractivity contribution in [2.24, 2.45) is 0 Å². The monoisotopic (exact) mass is 400 g/mol. The SMILES string of the molecule is CCOC(=O)/C=C/Oc1c(CC(=O)OCC)cc(C(=O)OCC)c2ccccc12. The van der Waals surface area contributed by atoms with E-state index in [2.05, 4.69) is 0 Å². The largest absolute Gasteiger partial charge is 0.466 e. The fourth-order valence-electron chi connectivity index (χ4n) is 2.77. The van der Waals surface area contributed by atoms with Gasteiger partial charge in [-0.2, -0.15) is 0 Å². The van der Waals surface area contributed by atoms with Crippen LogP contribution in [0.4, 0.5) is 0 Å². The van der Waals surface area contributed by atoms with Gasteiger partial charge in [-0.05, 0) is 32.2 Å². The van der Waals surface area contributed by atoms with Crippen LogP contribution in [0.5, 0.6) is 5.75 Å². The average molecular weight is 400 g/mol. The zero-order valence-corrected chi connectivity index (χ0v) is 16.7. The van der Waals surface area contributed by atoms with E-state index in [-0.39, 0.29) is 26.2 Å². The lowest BCUT2D eigenvalue weighted by molar-refractivity contribution is -0.142. The quantitative estimate of drug-likeness (QED) is 0.275. The number of carbonyl (C=O) groups is 3. The maximum absolute atomic E-state index is 12.5. The van der Waals surface area contributed by atoms with E-state index in [1.54, 1.807) is 51.1 Å². The Labute approximate surface area is 169 Å². The van der Waals surface area contributed by atoms with Crippen molar-refractivity contribution in [3.63, 3.8) is 0 Å². The van der Waals surface area contributed by atoms with Crippen LogP contribution in [0, 0.1) is 0 Å². The van der Waals surface area contributed by atoms with Crippen molar-refractivity contribution in [3.05, 3.63) is 53.8 Å². The van der Waals surface area contributed by atoms with E-state index in [0.717, 1.165) is 6.08 Å². The zero-order chi connectivity index (χ0) is 21.2. The van der Waals surface area contributed by atoms with Crippen molar-refractivity contribution >= 4 is 28.7 Å². The van der Waals surface area contributed by atoms with Crippen molar-refractivity contribution in [2.75, 3.05) is 19.8 Å². The number of fused-ring (bicyclic) bond motifs is 1. The number of hydrogen-bond donors (Lipinski definition) is 0. The van der Waals surface area contributed by atoms with Gasteiger partial charge in [-0.25, -0.2) is 9.59 Å². The van der Waals surface area contributed by atoms with Gasteiger partial charge in [-0.3, -0.25) is 4.79 Å². The minimum Gasteiger partial charge on any atom is -0.466 e. The molecule has 0 atom stereocenters. The number of benzene rings is 2. The first-order valence-corrected chi connectivity index (χ1v) is 9.39. The van der Waals surface area contributed by atoms with Gasteiger partial charge in [0.2, 0.25) is 0 Å². The summed E-state index contributed by atoms with van der Waals surface area (Å²) in [6.45, 7) is 5.83. The smallest absolute Gasteiger partial charge is 0.338 e. The molecular weight excluding hydrogens is 376 g/mol. The van der Waals surface area contributed by atoms with E-state index in [1.165, 1.54) is 6.26 Å². The predicted molar refractivity (Wildman–Crippen MR) is 107 cm³/mol. The van der Waals surface area contributed by atoms with Gasteiger partial charge in [0.1, 0.15) is 5.75 Å². The minimum atomic E-state index is -0.549. The number of ether oxygens (including phenoxy) is 4. The van der Waals surface area contributed by atoms with Crippen LogP contribution >= 0.6 is 0 Å². The van der Waals surface area contributed by atoms with Crippen LogP contribution < -0.4 is 4.74 Å². The van der Waals surface area contributed by atoms with Crippen molar-refractivity contribution in [2.45, 2.75) is 27.2 Å². The highest BCUT2D eigenvalue weighted by Gasteiger charge is 2.20. The molecular formula is C22H24O7. The van der Waals surface area contributed by atoms with Crippen LogP contribution in [0.15, 0.2) is 42.7 Å². The Kier molecular flexibility index (Phi) is 8.21. The molecule has 29 heavy (non-hydrogen) atoms. The molecule has 0 amide bonds.